The minimum absolute atomic E-state index is 0.000625. The smallest absolute Gasteiger partial charge is 0.335 e. The second-order valence-corrected chi connectivity index (χ2v) is 4.00. The monoisotopic (exact) mass is 264 g/mol. The van der Waals surface area contributed by atoms with Crippen molar-refractivity contribution in [2.24, 2.45) is 0 Å². The highest BCUT2D eigenvalue weighted by Crippen LogP contribution is 2.18. The summed E-state index contributed by atoms with van der Waals surface area (Å²) in [4.78, 5) is 34.6. The first-order chi connectivity index (χ1) is 8.49. The number of thiocarbonyl (C=S) groups is 1. The van der Waals surface area contributed by atoms with E-state index in [4.69, 9.17) is 17.3 Å². The topological polar surface area (TPSA) is 86.7 Å². The maximum absolute atomic E-state index is 11.7. The van der Waals surface area contributed by atoms with Crippen molar-refractivity contribution in [2.75, 3.05) is 4.90 Å². The van der Waals surface area contributed by atoms with Gasteiger partial charge in [-0.05, 0) is 36.5 Å². The standard InChI is InChI=1S/C11H8N2O4S/c14-8-5-9(15)13(11(18)12-8)7-3-1-6(2-4-7)10(16)17/h1-4H,5H2,(H,16,17)(H,12,14,18). The molecule has 2 amide bonds. The number of hydrogen-bond donors (Lipinski definition) is 2. The van der Waals surface area contributed by atoms with Crippen LogP contribution in [0.2, 0.25) is 0 Å². The van der Waals surface area contributed by atoms with E-state index in [0.29, 0.717) is 5.69 Å². The molecule has 0 unspecified atom stereocenters. The molecule has 1 heterocycles. The molecule has 18 heavy (non-hydrogen) atoms. The van der Waals surface area contributed by atoms with Crippen LogP contribution in [0.4, 0.5) is 5.69 Å². The van der Waals surface area contributed by atoms with Crippen molar-refractivity contribution in [1.29, 1.82) is 0 Å². The maximum Gasteiger partial charge on any atom is 0.335 e. The van der Waals surface area contributed by atoms with Crippen LogP contribution in [0.3, 0.4) is 0 Å². The molecular weight excluding hydrogens is 256 g/mol. The fourth-order valence-electron chi connectivity index (χ4n) is 1.56. The van der Waals surface area contributed by atoms with Gasteiger partial charge in [0.2, 0.25) is 11.8 Å². The number of anilines is 1. The summed E-state index contributed by atoms with van der Waals surface area (Å²) in [5.41, 5.74) is 0.535. The number of hydrogen-bond acceptors (Lipinski definition) is 4. The molecule has 0 saturated carbocycles. The lowest BCUT2D eigenvalue weighted by atomic mass is 10.2. The molecule has 1 aromatic carbocycles. The van der Waals surface area contributed by atoms with Gasteiger partial charge >= 0.3 is 5.97 Å². The van der Waals surface area contributed by atoms with Crippen molar-refractivity contribution in [3.8, 4) is 0 Å². The van der Waals surface area contributed by atoms with Gasteiger partial charge in [0.15, 0.2) is 5.11 Å². The minimum atomic E-state index is -1.05. The van der Waals surface area contributed by atoms with E-state index >= 15 is 0 Å². The van der Waals surface area contributed by atoms with Crippen LogP contribution < -0.4 is 10.2 Å². The van der Waals surface area contributed by atoms with Crippen LogP contribution >= 0.6 is 12.2 Å². The van der Waals surface area contributed by atoms with Crippen molar-refractivity contribution in [3.05, 3.63) is 29.8 Å². The van der Waals surface area contributed by atoms with Crippen LogP contribution in [0.25, 0.3) is 0 Å². The normalized spacial score (nSPS) is 15.6. The molecule has 0 spiro atoms. The first-order valence-corrected chi connectivity index (χ1v) is 5.40. The number of nitrogens with zero attached hydrogens (tertiary/aromatic N) is 1. The number of carbonyl (C=O) groups is 3. The van der Waals surface area contributed by atoms with E-state index < -0.39 is 17.8 Å². The Labute approximate surface area is 107 Å². The average Bonchev–Trinajstić information content (AvgIpc) is 2.28. The fourth-order valence-corrected chi connectivity index (χ4v) is 1.88. The number of carboxylic acids is 1. The van der Waals surface area contributed by atoms with Gasteiger partial charge in [-0.2, -0.15) is 0 Å². The van der Waals surface area contributed by atoms with Crippen molar-refractivity contribution < 1.29 is 19.5 Å². The van der Waals surface area contributed by atoms with Crippen LogP contribution in [0.5, 0.6) is 0 Å². The molecule has 1 aliphatic rings. The highest BCUT2D eigenvalue weighted by Gasteiger charge is 2.29. The molecule has 1 saturated heterocycles. The lowest BCUT2D eigenvalue weighted by molar-refractivity contribution is -0.127. The molecule has 6 nitrogen and oxygen atoms in total. The summed E-state index contributed by atoms with van der Waals surface area (Å²) in [5.74, 6) is -1.93. The Hall–Kier alpha value is -2.28. The first kappa shape index (κ1) is 12.2. The predicted molar refractivity (Wildman–Crippen MR) is 66.2 cm³/mol. The van der Waals surface area contributed by atoms with Crippen LogP contribution in [-0.2, 0) is 9.59 Å². The number of rotatable bonds is 2. The summed E-state index contributed by atoms with van der Waals surface area (Å²) in [6.07, 6.45) is -0.277. The Morgan fingerprint density at radius 3 is 2.39 bits per heavy atom. The van der Waals surface area contributed by atoms with Gasteiger partial charge < -0.3 is 10.4 Å². The fraction of sp³-hybridized carbons (Fsp3) is 0.0909. The van der Waals surface area contributed by atoms with Crippen molar-refractivity contribution >= 4 is 40.8 Å². The second kappa shape index (κ2) is 4.53. The molecule has 2 N–H and O–H groups in total. The van der Waals surface area contributed by atoms with Gasteiger partial charge in [-0.1, -0.05) is 0 Å². The number of carbonyl (C=O) groups excluding carboxylic acids is 2. The summed E-state index contributed by atoms with van der Waals surface area (Å²) in [7, 11) is 0. The number of aromatic carboxylic acids is 1. The molecule has 7 heteroatoms. The SMILES string of the molecule is O=C1CC(=O)N(c2ccc(C(=O)O)cc2)C(=S)N1. The Balaban J connectivity index is 2.30. The quantitative estimate of drug-likeness (QED) is 0.601. The zero-order chi connectivity index (χ0) is 13.3. The zero-order valence-electron chi connectivity index (χ0n) is 9.04. The highest BCUT2D eigenvalue weighted by molar-refractivity contribution is 7.80. The first-order valence-electron chi connectivity index (χ1n) is 4.99. The van der Waals surface area contributed by atoms with Crippen molar-refractivity contribution in [3.63, 3.8) is 0 Å². The Bertz CT molecular complexity index is 533. The summed E-state index contributed by atoms with van der Waals surface area (Å²) in [5, 5.41) is 11.1. The van der Waals surface area contributed by atoms with Gasteiger partial charge in [0.05, 0.1) is 11.3 Å². The second-order valence-electron chi connectivity index (χ2n) is 3.61. The molecule has 0 bridgehead atoms. The number of nitrogens with one attached hydrogen (secondary N) is 1. The molecule has 92 valence electrons. The predicted octanol–water partition coefficient (Wildman–Crippen LogP) is 0.523. The molecule has 0 atom stereocenters. The summed E-state index contributed by atoms with van der Waals surface area (Å²) < 4.78 is 0. The third-order valence-corrected chi connectivity index (χ3v) is 2.67. The molecule has 1 aromatic rings. The maximum atomic E-state index is 11.7. The zero-order valence-corrected chi connectivity index (χ0v) is 9.86. The van der Waals surface area contributed by atoms with Crippen molar-refractivity contribution in [1.82, 2.24) is 5.32 Å². The average molecular weight is 264 g/mol. The van der Waals surface area contributed by atoms with Crippen LogP contribution in [0, 0.1) is 0 Å². The van der Waals surface area contributed by atoms with Gasteiger partial charge in [0.1, 0.15) is 6.42 Å². The third-order valence-electron chi connectivity index (χ3n) is 2.38. The molecular formula is C11H8N2O4S. The molecule has 1 aliphatic heterocycles. The number of benzene rings is 1. The summed E-state index contributed by atoms with van der Waals surface area (Å²) in [6.45, 7) is 0. The van der Waals surface area contributed by atoms with Gasteiger partial charge in [-0.15, -0.1) is 0 Å². The lowest BCUT2D eigenvalue weighted by Crippen LogP contribution is -2.52. The molecule has 0 aromatic heterocycles. The van der Waals surface area contributed by atoms with E-state index in [1.807, 2.05) is 0 Å². The largest absolute Gasteiger partial charge is 0.478 e. The summed E-state index contributed by atoms with van der Waals surface area (Å²) in [6, 6.07) is 5.66. The molecule has 0 radical (unpaired) electrons. The van der Waals surface area contributed by atoms with E-state index in [2.05, 4.69) is 5.32 Å². The van der Waals surface area contributed by atoms with E-state index in [0.717, 1.165) is 0 Å². The van der Waals surface area contributed by atoms with Crippen LogP contribution in [0.15, 0.2) is 24.3 Å². The Morgan fingerprint density at radius 1 is 1.28 bits per heavy atom. The lowest BCUT2D eigenvalue weighted by Gasteiger charge is -2.27. The van der Waals surface area contributed by atoms with Crippen molar-refractivity contribution in [2.45, 2.75) is 6.42 Å². The molecule has 1 fully saturated rings. The Kier molecular flexibility index (Phi) is 3.07. The van der Waals surface area contributed by atoms with Gasteiger partial charge in [0, 0.05) is 0 Å². The van der Waals surface area contributed by atoms with E-state index in [9.17, 15) is 14.4 Å². The van der Waals surface area contributed by atoms with Crippen LogP contribution in [-0.4, -0.2) is 28.0 Å². The van der Waals surface area contributed by atoms with Gasteiger partial charge in [-0.25, -0.2) is 4.79 Å². The third kappa shape index (κ3) is 2.21. The highest BCUT2D eigenvalue weighted by atomic mass is 32.1. The number of amides is 2. The van der Waals surface area contributed by atoms with E-state index in [1.54, 1.807) is 0 Å². The molecule has 0 aliphatic carbocycles. The Morgan fingerprint density at radius 2 is 1.89 bits per heavy atom. The minimum Gasteiger partial charge on any atom is -0.478 e. The van der Waals surface area contributed by atoms with Gasteiger partial charge in [0.25, 0.3) is 0 Å². The molecule has 2 rings (SSSR count). The van der Waals surface area contributed by atoms with Crippen LogP contribution in [0.1, 0.15) is 16.8 Å². The van der Waals surface area contributed by atoms with E-state index in [-0.39, 0.29) is 17.1 Å². The number of carboxylic acid groups (broad SMARTS) is 1. The summed E-state index contributed by atoms with van der Waals surface area (Å²) >= 11 is 4.90. The van der Waals surface area contributed by atoms with E-state index in [1.165, 1.54) is 29.2 Å². The van der Waals surface area contributed by atoms with Gasteiger partial charge in [-0.3, -0.25) is 14.5 Å².